The number of benzene rings is 1. The number of nitrogens with zero attached hydrogens (tertiary/aromatic N) is 1. The van der Waals surface area contributed by atoms with Gasteiger partial charge in [-0.25, -0.2) is 0 Å². The van der Waals surface area contributed by atoms with E-state index in [1.807, 2.05) is 0 Å². The lowest BCUT2D eigenvalue weighted by Gasteiger charge is -2.25. The molecule has 21 heavy (non-hydrogen) atoms. The number of hydrogen-bond donors (Lipinski definition) is 1. The Kier molecular flexibility index (Phi) is 5.38. The van der Waals surface area contributed by atoms with Crippen molar-refractivity contribution in [1.82, 2.24) is 4.90 Å². The van der Waals surface area contributed by atoms with Gasteiger partial charge in [-0.1, -0.05) is 15.9 Å². The first-order chi connectivity index (χ1) is 9.54. The van der Waals surface area contributed by atoms with Gasteiger partial charge in [0.1, 0.15) is 6.54 Å². The fourth-order valence-corrected chi connectivity index (χ4v) is 2.15. The second kappa shape index (κ2) is 6.46. The number of carbonyl (C=O) groups excluding carboxylic acids is 1. The van der Waals surface area contributed by atoms with E-state index in [2.05, 4.69) is 15.9 Å². The number of amides is 1. The molecule has 1 aromatic rings. The summed E-state index contributed by atoms with van der Waals surface area (Å²) in [5, 5.41) is 8.78. The van der Waals surface area contributed by atoms with Crippen molar-refractivity contribution in [1.29, 1.82) is 0 Å². The lowest BCUT2D eigenvalue weighted by atomic mass is 10.1. The van der Waals surface area contributed by atoms with E-state index in [1.165, 1.54) is 6.07 Å². The molecule has 0 bridgehead atoms. The van der Waals surface area contributed by atoms with Gasteiger partial charge in [0.15, 0.2) is 0 Å². The minimum atomic E-state index is -4.61. The molecule has 0 saturated carbocycles. The number of alkyl halides is 3. The van der Waals surface area contributed by atoms with Crippen LogP contribution in [0.4, 0.5) is 13.2 Å². The number of carbonyl (C=O) groups is 2. The summed E-state index contributed by atoms with van der Waals surface area (Å²) in [6.07, 6.45) is -4.61. The molecule has 1 amide bonds. The predicted octanol–water partition coefficient (Wildman–Crippen LogP) is 3.40. The Bertz CT molecular complexity index is 558. The highest BCUT2D eigenvalue weighted by Gasteiger charge is 2.34. The summed E-state index contributed by atoms with van der Waals surface area (Å²) in [7, 11) is 0. The number of hydrogen-bond acceptors (Lipinski definition) is 2. The summed E-state index contributed by atoms with van der Waals surface area (Å²) in [6, 6.07) is 2.60. The fraction of sp³-hybridized carbons (Fsp3) is 0.385. The van der Waals surface area contributed by atoms with Crippen LogP contribution in [0.25, 0.3) is 0 Å². The van der Waals surface area contributed by atoms with Gasteiger partial charge in [-0.2, -0.15) is 13.2 Å². The Morgan fingerprint density at radius 2 is 1.90 bits per heavy atom. The third kappa shape index (κ3) is 4.45. The van der Waals surface area contributed by atoms with E-state index in [4.69, 9.17) is 5.11 Å². The third-order valence-electron chi connectivity index (χ3n) is 2.71. The number of carboxylic acids is 1. The average Bonchev–Trinajstić information content (AvgIpc) is 2.33. The SMILES string of the molecule is CC(C)N(CC(=O)O)C(=O)c1ccc(Br)c(C(F)(F)F)c1. The van der Waals surface area contributed by atoms with E-state index in [0.29, 0.717) is 6.07 Å². The molecule has 0 spiro atoms. The maximum Gasteiger partial charge on any atom is 0.417 e. The van der Waals surface area contributed by atoms with Crippen molar-refractivity contribution in [3.05, 3.63) is 33.8 Å². The van der Waals surface area contributed by atoms with E-state index >= 15 is 0 Å². The molecule has 0 aliphatic rings. The maximum absolute atomic E-state index is 12.8. The summed E-state index contributed by atoms with van der Waals surface area (Å²) in [4.78, 5) is 23.9. The standard InChI is InChI=1S/C13H13BrF3NO3/c1-7(2)18(6-11(19)20)12(21)8-3-4-10(14)9(5-8)13(15,16)17/h3-5,7H,6H2,1-2H3,(H,19,20). The molecular weight excluding hydrogens is 355 g/mol. The van der Waals surface area contributed by atoms with E-state index < -0.39 is 36.2 Å². The number of carboxylic acid groups (broad SMARTS) is 1. The molecule has 4 nitrogen and oxygen atoms in total. The molecule has 1 N–H and O–H groups in total. The van der Waals surface area contributed by atoms with Gasteiger partial charge in [-0.15, -0.1) is 0 Å². The van der Waals surface area contributed by atoms with Crippen LogP contribution in [-0.4, -0.2) is 34.5 Å². The van der Waals surface area contributed by atoms with E-state index in [0.717, 1.165) is 11.0 Å². The first-order valence-corrected chi connectivity index (χ1v) is 6.73. The molecule has 0 fully saturated rings. The number of halogens is 4. The molecular formula is C13H13BrF3NO3. The molecule has 1 aromatic carbocycles. The van der Waals surface area contributed by atoms with Gasteiger partial charge < -0.3 is 10.0 Å². The van der Waals surface area contributed by atoms with Crippen LogP contribution in [0.3, 0.4) is 0 Å². The van der Waals surface area contributed by atoms with Gasteiger partial charge in [0.05, 0.1) is 5.56 Å². The minimum absolute atomic E-state index is 0.180. The summed E-state index contributed by atoms with van der Waals surface area (Å²) in [5.41, 5.74) is -1.19. The van der Waals surface area contributed by atoms with Crippen LogP contribution in [0.2, 0.25) is 0 Å². The molecule has 0 radical (unpaired) electrons. The Morgan fingerprint density at radius 3 is 2.33 bits per heavy atom. The van der Waals surface area contributed by atoms with Crippen molar-refractivity contribution in [3.63, 3.8) is 0 Å². The van der Waals surface area contributed by atoms with Crippen molar-refractivity contribution in [2.75, 3.05) is 6.54 Å². The Labute approximate surface area is 127 Å². The zero-order valence-electron chi connectivity index (χ0n) is 11.2. The van der Waals surface area contributed by atoms with Gasteiger partial charge in [-0.05, 0) is 32.0 Å². The van der Waals surface area contributed by atoms with Crippen molar-refractivity contribution >= 4 is 27.8 Å². The maximum atomic E-state index is 12.8. The average molecular weight is 368 g/mol. The van der Waals surface area contributed by atoms with Crippen LogP contribution in [0.15, 0.2) is 22.7 Å². The van der Waals surface area contributed by atoms with E-state index in [-0.39, 0.29) is 10.0 Å². The Hall–Kier alpha value is -1.57. The quantitative estimate of drug-likeness (QED) is 0.886. The minimum Gasteiger partial charge on any atom is -0.480 e. The summed E-state index contributed by atoms with van der Waals surface area (Å²) < 4.78 is 38.3. The smallest absolute Gasteiger partial charge is 0.417 e. The van der Waals surface area contributed by atoms with Gasteiger partial charge in [0, 0.05) is 16.1 Å². The van der Waals surface area contributed by atoms with Crippen molar-refractivity contribution in [2.24, 2.45) is 0 Å². The Morgan fingerprint density at radius 1 is 1.33 bits per heavy atom. The molecule has 8 heteroatoms. The molecule has 0 heterocycles. The van der Waals surface area contributed by atoms with E-state index in [9.17, 15) is 22.8 Å². The topological polar surface area (TPSA) is 57.6 Å². The number of rotatable bonds is 4. The molecule has 0 saturated heterocycles. The zero-order valence-corrected chi connectivity index (χ0v) is 12.8. The molecule has 0 aliphatic heterocycles. The second-order valence-corrected chi connectivity index (χ2v) is 5.47. The van der Waals surface area contributed by atoms with Crippen molar-refractivity contribution in [2.45, 2.75) is 26.1 Å². The highest BCUT2D eigenvalue weighted by Crippen LogP contribution is 2.35. The van der Waals surface area contributed by atoms with Crippen LogP contribution < -0.4 is 0 Å². The first kappa shape index (κ1) is 17.5. The monoisotopic (exact) mass is 367 g/mol. The summed E-state index contributed by atoms with van der Waals surface area (Å²) in [5.74, 6) is -1.99. The highest BCUT2D eigenvalue weighted by atomic mass is 79.9. The molecule has 0 unspecified atom stereocenters. The van der Waals surface area contributed by atoms with Crippen molar-refractivity contribution < 1.29 is 27.9 Å². The molecule has 116 valence electrons. The van der Waals surface area contributed by atoms with Gasteiger partial charge in [0.2, 0.25) is 0 Å². The fourth-order valence-electron chi connectivity index (χ4n) is 1.68. The normalized spacial score (nSPS) is 11.6. The molecule has 1 rings (SSSR count). The molecule has 0 aromatic heterocycles. The van der Waals surface area contributed by atoms with Crippen molar-refractivity contribution in [3.8, 4) is 0 Å². The summed E-state index contributed by atoms with van der Waals surface area (Å²) in [6.45, 7) is 2.60. The lowest BCUT2D eigenvalue weighted by Crippen LogP contribution is -2.40. The van der Waals surface area contributed by atoms with Gasteiger partial charge in [0.25, 0.3) is 5.91 Å². The lowest BCUT2D eigenvalue weighted by molar-refractivity contribution is -0.139. The zero-order chi connectivity index (χ0) is 16.4. The predicted molar refractivity (Wildman–Crippen MR) is 73.0 cm³/mol. The Balaban J connectivity index is 3.20. The molecule has 0 atom stereocenters. The molecule has 0 aliphatic carbocycles. The van der Waals surface area contributed by atoms with Crippen LogP contribution in [0.5, 0.6) is 0 Å². The third-order valence-corrected chi connectivity index (χ3v) is 3.40. The number of aliphatic carboxylic acids is 1. The van der Waals surface area contributed by atoms with Crippen LogP contribution in [0, 0.1) is 0 Å². The van der Waals surface area contributed by atoms with E-state index in [1.54, 1.807) is 13.8 Å². The highest BCUT2D eigenvalue weighted by molar-refractivity contribution is 9.10. The largest absolute Gasteiger partial charge is 0.480 e. The van der Waals surface area contributed by atoms with Crippen LogP contribution in [-0.2, 0) is 11.0 Å². The van der Waals surface area contributed by atoms with Crippen LogP contribution in [0.1, 0.15) is 29.8 Å². The second-order valence-electron chi connectivity index (χ2n) is 4.61. The first-order valence-electron chi connectivity index (χ1n) is 5.93. The summed E-state index contributed by atoms with van der Waals surface area (Å²) >= 11 is 2.78. The van der Waals surface area contributed by atoms with Gasteiger partial charge in [-0.3, -0.25) is 9.59 Å². The van der Waals surface area contributed by atoms with Crippen LogP contribution >= 0.6 is 15.9 Å². The van der Waals surface area contributed by atoms with Gasteiger partial charge >= 0.3 is 12.1 Å².